The molecular formula is C21H22ClN3O3. The van der Waals surface area contributed by atoms with Crippen LogP contribution in [0.15, 0.2) is 41.0 Å². The lowest BCUT2D eigenvalue weighted by Gasteiger charge is -2.34. The van der Waals surface area contributed by atoms with Crippen molar-refractivity contribution in [1.29, 1.82) is 0 Å². The van der Waals surface area contributed by atoms with Crippen LogP contribution in [-0.2, 0) is 6.54 Å². The molecule has 0 unspecified atom stereocenters. The quantitative estimate of drug-likeness (QED) is 0.672. The van der Waals surface area contributed by atoms with Gasteiger partial charge in [-0.05, 0) is 49.7 Å². The summed E-state index contributed by atoms with van der Waals surface area (Å²) in [4.78, 5) is 29.3. The summed E-state index contributed by atoms with van der Waals surface area (Å²) in [6.07, 6.45) is 1.49. The summed E-state index contributed by atoms with van der Waals surface area (Å²) < 4.78 is 7.24. The maximum absolute atomic E-state index is 13.3. The van der Waals surface area contributed by atoms with E-state index in [-0.39, 0.29) is 11.8 Å². The van der Waals surface area contributed by atoms with E-state index in [1.807, 2.05) is 41.5 Å². The number of rotatable bonds is 3. The van der Waals surface area contributed by atoms with E-state index in [0.717, 1.165) is 16.5 Å². The number of aryl methyl sites for hydroxylation is 2. The number of furan rings is 1. The van der Waals surface area contributed by atoms with Gasteiger partial charge in [-0.2, -0.15) is 0 Å². The molecule has 7 heteroatoms. The van der Waals surface area contributed by atoms with Gasteiger partial charge in [0.25, 0.3) is 11.8 Å². The van der Waals surface area contributed by atoms with Crippen molar-refractivity contribution >= 4 is 34.3 Å². The Kier molecular flexibility index (Phi) is 4.89. The summed E-state index contributed by atoms with van der Waals surface area (Å²) >= 11 is 6.16. The maximum Gasteiger partial charge on any atom is 0.289 e. The van der Waals surface area contributed by atoms with Gasteiger partial charge >= 0.3 is 0 Å². The summed E-state index contributed by atoms with van der Waals surface area (Å²) in [5.41, 5.74) is 2.66. The topological polar surface area (TPSA) is 58.7 Å². The third-order valence-electron chi connectivity index (χ3n) is 5.38. The number of hydrogen-bond acceptors (Lipinski definition) is 3. The first-order chi connectivity index (χ1) is 13.5. The average molecular weight is 400 g/mol. The summed E-state index contributed by atoms with van der Waals surface area (Å²) in [7, 11) is 0. The molecule has 0 aliphatic carbocycles. The molecule has 3 aromatic rings. The van der Waals surface area contributed by atoms with Gasteiger partial charge in [0.15, 0.2) is 5.76 Å². The van der Waals surface area contributed by atoms with Gasteiger partial charge in [-0.1, -0.05) is 11.6 Å². The van der Waals surface area contributed by atoms with Gasteiger partial charge in [-0.15, -0.1) is 0 Å². The molecule has 1 aromatic carbocycles. The first-order valence-corrected chi connectivity index (χ1v) is 9.79. The summed E-state index contributed by atoms with van der Waals surface area (Å²) in [5.74, 6) is 0.195. The van der Waals surface area contributed by atoms with Crippen LogP contribution in [0.2, 0.25) is 5.02 Å². The molecule has 146 valence electrons. The van der Waals surface area contributed by atoms with Gasteiger partial charge in [-0.25, -0.2) is 0 Å². The Morgan fingerprint density at radius 1 is 1.07 bits per heavy atom. The number of carbonyl (C=O) groups excluding carboxylic acids is 2. The van der Waals surface area contributed by atoms with Gasteiger partial charge < -0.3 is 18.8 Å². The largest absolute Gasteiger partial charge is 0.459 e. The molecule has 3 heterocycles. The van der Waals surface area contributed by atoms with Crippen LogP contribution in [-0.4, -0.2) is 52.4 Å². The van der Waals surface area contributed by atoms with Gasteiger partial charge in [0, 0.05) is 48.6 Å². The lowest BCUT2D eigenvalue weighted by Crippen LogP contribution is -2.51. The Labute approximate surface area is 168 Å². The second-order valence-electron chi connectivity index (χ2n) is 6.94. The minimum Gasteiger partial charge on any atom is -0.459 e. The van der Waals surface area contributed by atoms with E-state index >= 15 is 0 Å². The van der Waals surface area contributed by atoms with Crippen LogP contribution in [0.25, 0.3) is 10.9 Å². The minimum absolute atomic E-state index is 0.00299. The zero-order valence-electron chi connectivity index (χ0n) is 15.9. The Morgan fingerprint density at radius 3 is 2.36 bits per heavy atom. The molecule has 1 aliphatic heterocycles. The van der Waals surface area contributed by atoms with Crippen LogP contribution in [0.3, 0.4) is 0 Å². The molecule has 1 fully saturated rings. The van der Waals surface area contributed by atoms with E-state index in [1.54, 1.807) is 17.0 Å². The van der Waals surface area contributed by atoms with E-state index in [1.165, 1.54) is 6.26 Å². The molecule has 0 spiro atoms. The molecular weight excluding hydrogens is 378 g/mol. The van der Waals surface area contributed by atoms with E-state index in [2.05, 4.69) is 0 Å². The molecule has 4 rings (SSSR count). The van der Waals surface area contributed by atoms with Gasteiger partial charge in [0.2, 0.25) is 0 Å². The van der Waals surface area contributed by atoms with Gasteiger partial charge in [0.05, 0.1) is 6.26 Å². The lowest BCUT2D eigenvalue weighted by molar-refractivity contribution is 0.0512. The third-order valence-corrected chi connectivity index (χ3v) is 5.62. The van der Waals surface area contributed by atoms with Crippen molar-refractivity contribution in [2.75, 3.05) is 26.2 Å². The summed E-state index contributed by atoms with van der Waals surface area (Å²) in [5, 5.41) is 1.66. The predicted octanol–water partition coefficient (Wildman–Crippen LogP) is 3.81. The number of amides is 2. The highest BCUT2D eigenvalue weighted by atomic mass is 35.5. The molecule has 0 radical (unpaired) electrons. The van der Waals surface area contributed by atoms with Gasteiger partial charge in [-0.3, -0.25) is 9.59 Å². The van der Waals surface area contributed by atoms with Crippen molar-refractivity contribution in [2.45, 2.75) is 20.4 Å². The maximum atomic E-state index is 13.3. The highest BCUT2D eigenvalue weighted by molar-refractivity contribution is 6.31. The Hall–Kier alpha value is -2.73. The monoisotopic (exact) mass is 399 g/mol. The zero-order valence-corrected chi connectivity index (χ0v) is 16.7. The standard InChI is InChI=1S/C21H22ClN3O3/c1-3-25-17-7-6-15(22)13-16(17)14(2)19(25)21(27)24-10-8-23(9-11-24)20(26)18-5-4-12-28-18/h4-7,12-13H,3,8-11H2,1-2H3. The Morgan fingerprint density at radius 2 is 1.75 bits per heavy atom. The molecule has 1 saturated heterocycles. The van der Waals surface area contributed by atoms with Crippen LogP contribution in [0.1, 0.15) is 33.5 Å². The van der Waals surface area contributed by atoms with E-state index < -0.39 is 0 Å². The lowest BCUT2D eigenvalue weighted by atomic mass is 10.1. The molecule has 0 bridgehead atoms. The Balaban J connectivity index is 1.56. The van der Waals surface area contributed by atoms with Crippen molar-refractivity contribution < 1.29 is 14.0 Å². The Bertz CT molecular complexity index is 1030. The zero-order chi connectivity index (χ0) is 19.8. The number of halogens is 1. The number of piperazine rings is 1. The number of fused-ring (bicyclic) bond motifs is 1. The van der Waals surface area contributed by atoms with Crippen molar-refractivity contribution in [3.8, 4) is 0 Å². The van der Waals surface area contributed by atoms with Crippen LogP contribution in [0.5, 0.6) is 0 Å². The predicted molar refractivity (Wildman–Crippen MR) is 108 cm³/mol. The molecule has 0 atom stereocenters. The summed E-state index contributed by atoms with van der Waals surface area (Å²) in [6, 6.07) is 9.09. The first kappa shape index (κ1) is 18.6. The molecule has 2 aromatic heterocycles. The van der Waals surface area contributed by atoms with Crippen LogP contribution in [0.4, 0.5) is 0 Å². The highest BCUT2D eigenvalue weighted by Crippen LogP contribution is 2.29. The smallest absolute Gasteiger partial charge is 0.289 e. The minimum atomic E-state index is -0.134. The fraction of sp³-hybridized carbons (Fsp3) is 0.333. The molecule has 0 N–H and O–H groups in total. The highest BCUT2D eigenvalue weighted by Gasteiger charge is 2.29. The second kappa shape index (κ2) is 7.36. The molecule has 2 amide bonds. The fourth-order valence-corrected chi connectivity index (χ4v) is 4.09. The van der Waals surface area contributed by atoms with E-state index in [0.29, 0.717) is 49.2 Å². The van der Waals surface area contributed by atoms with Gasteiger partial charge in [0.1, 0.15) is 5.69 Å². The fourth-order valence-electron chi connectivity index (χ4n) is 3.92. The normalized spacial score (nSPS) is 14.7. The summed E-state index contributed by atoms with van der Waals surface area (Å²) in [6.45, 7) is 6.67. The van der Waals surface area contributed by atoms with E-state index in [4.69, 9.17) is 16.0 Å². The average Bonchev–Trinajstić information content (AvgIpc) is 3.34. The third kappa shape index (κ3) is 3.07. The van der Waals surface area contributed by atoms with Crippen molar-refractivity contribution in [3.05, 3.63) is 58.6 Å². The van der Waals surface area contributed by atoms with Crippen molar-refractivity contribution in [1.82, 2.24) is 14.4 Å². The first-order valence-electron chi connectivity index (χ1n) is 9.41. The molecule has 0 saturated carbocycles. The molecule has 28 heavy (non-hydrogen) atoms. The number of aromatic nitrogens is 1. The number of carbonyl (C=O) groups is 2. The molecule has 1 aliphatic rings. The second-order valence-corrected chi connectivity index (χ2v) is 7.38. The van der Waals surface area contributed by atoms with Crippen molar-refractivity contribution in [2.24, 2.45) is 0 Å². The SMILES string of the molecule is CCn1c(C(=O)N2CCN(C(=O)c3ccco3)CC2)c(C)c2cc(Cl)ccc21. The number of nitrogens with zero attached hydrogens (tertiary/aromatic N) is 3. The van der Waals surface area contributed by atoms with Crippen molar-refractivity contribution in [3.63, 3.8) is 0 Å². The van der Waals surface area contributed by atoms with Crippen LogP contribution >= 0.6 is 11.6 Å². The molecule has 6 nitrogen and oxygen atoms in total. The van der Waals surface area contributed by atoms with Crippen LogP contribution < -0.4 is 0 Å². The van der Waals surface area contributed by atoms with E-state index in [9.17, 15) is 9.59 Å². The van der Waals surface area contributed by atoms with Crippen LogP contribution in [0, 0.1) is 6.92 Å². The number of benzene rings is 1. The number of hydrogen-bond donors (Lipinski definition) is 0.